The number of rotatable bonds is 3. The van der Waals surface area contributed by atoms with E-state index in [1.165, 1.54) is 32.1 Å². The molecule has 2 heteroatoms. The number of ether oxygens (including phenoxy) is 1. The number of hydrogen-bond donors (Lipinski definition) is 1. The molecule has 0 aromatic rings. The molecule has 1 aliphatic rings. The Morgan fingerprint density at radius 1 is 1.36 bits per heavy atom. The second-order valence-corrected chi connectivity index (χ2v) is 3.41. The van der Waals surface area contributed by atoms with Gasteiger partial charge in [0, 0.05) is 13.7 Å². The highest BCUT2D eigenvalue weighted by Gasteiger charge is 2.21. The predicted octanol–water partition coefficient (Wildman–Crippen LogP) is 1.54. The normalized spacial score (nSPS) is 23.5. The summed E-state index contributed by atoms with van der Waals surface area (Å²) in [5.74, 6) is 0.735. The Balaban J connectivity index is 2.30. The van der Waals surface area contributed by atoms with E-state index in [0.717, 1.165) is 5.92 Å². The van der Waals surface area contributed by atoms with Crippen LogP contribution in [0.4, 0.5) is 0 Å². The molecule has 0 heterocycles. The van der Waals surface area contributed by atoms with Crippen molar-refractivity contribution in [3.05, 3.63) is 0 Å². The van der Waals surface area contributed by atoms with Crippen molar-refractivity contribution in [3.63, 3.8) is 0 Å². The lowest BCUT2D eigenvalue weighted by molar-refractivity contribution is 0.0432. The highest BCUT2D eigenvalue weighted by Crippen LogP contribution is 2.27. The molecule has 0 amide bonds. The maximum Gasteiger partial charge on any atom is 0.0721 e. The van der Waals surface area contributed by atoms with E-state index in [0.29, 0.717) is 12.6 Å². The summed E-state index contributed by atoms with van der Waals surface area (Å²) in [5, 5.41) is 0. The summed E-state index contributed by atoms with van der Waals surface area (Å²) >= 11 is 0. The average Bonchev–Trinajstić information content (AvgIpc) is 2.09. The molecule has 0 spiro atoms. The smallest absolute Gasteiger partial charge is 0.0721 e. The van der Waals surface area contributed by atoms with Gasteiger partial charge in [0.05, 0.1) is 6.10 Å². The van der Waals surface area contributed by atoms with Crippen molar-refractivity contribution >= 4 is 0 Å². The van der Waals surface area contributed by atoms with Gasteiger partial charge in [-0.2, -0.15) is 0 Å². The number of methoxy groups -OCH3 is 1. The fourth-order valence-corrected chi connectivity index (χ4v) is 1.99. The molecular formula is C9H19NO. The highest BCUT2D eigenvalue weighted by atomic mass is 16.5. The molecule has 11 heavy (non-hydrogen) atoms. The van der Waals surface area contributed by atoms with Crippen molar-refractivity contribution < 1.29 is 4.74 Å². The summed E-state index contributed by atoms with van der Waals surface area (Å²) in [5.41, 5.74) is 5.59. The average molecular weight is 157 g/mol. The molecule has 0 aromatic heterocycles. The summed E-state index contributed by atoms with van der Waals surface area (Å²) in [6.45, 7) is 0.682. The Labute approximate surface area is 69.1 Å². The van der Waals surface area contributed by atoms with Crippen LogP contribution < -0.4 is 5.73 Å². The molecule has 0 aromatic carbocycles. The van der Waals surface area contributed by atoms with Gasteiger partial charge in [-0.25, -0.2) is 0 Å². The van der Waals surface area contributed by atoms with E-state index in [1.807, 2.05) is 0 Å². The van der Waals surface area contributed by atoms with E-state index in [4.69, 9.17) is 10.5 Å². The quantitative estimate of drug-likeness (QED) is 0.674. The molecule has 2 N–H and O–H groups in total. The monoisotopic (exact) mass is 157 g/mol. The van der Waals surface area contributed by atoms with E-state index in [-0.39, 0.29) is 0 Å². The molecule has 2 nitrogen and oxygen atoms in total. The van der Waals surface area contributed by atoms with Crippen LogP contribution in [0.5, 0.6) is 0 Å². The largest absolute Gasteiger partial charge is 0.380 e. The van der Waals surface area contributed by atoms with E-state index in [2.05, 4.69) is 0 Å². The summed E-state index contributed by atoms with van der Waals surface area (Å²) in [6.07, 6.45) is 7.08. The molecule has 1 fully saturated rings. The lowest BCUT2D eigenvalue weighted by atomic mass is 9.85. The van der Waals surface area contributed by atoms with Gasteiger partial charge < -0.3 is 10.5 Å². The molecule has 1 aliphatic carbocycles. The zero-order valence-corrected chi connectivity index (χ0v) is 7.38. The zero-order valence-electron chi connectivity index (χ0n) is 7.38. The molecule has 0 radical (unpaired) electrons. The molecule has 1 saturated carbocycles. The molecule has 1 rings (SSSR count). The van der Waals surface area contributed by atoms with Crippen molar-refractivity contribution in [2.24, 2.45) is 11.7 Å². The van der Waals surface area contributed by atoms with Crippen LogP contribution in [0.15, 0.2) is 0 Å². The van der Waals surface area contributed by atoms with Gasteiger partial charge in [0.15, 0.2) is 0 Å². The van der Waals surface area contributed by atoms with Crippen LogP contribution in [-0.4, -0.2) is 19.8 Å². The molecule has 1 atom stereocenters. The van der Waals surface area contributed by atoms with E-state index >= 15 is 0 Å². The summed E-state index contributed by atoms with van der Waals surface area (Å²) in [7, 11) is 1.77. The molecule has 0 saturated heterocycles. The first-order valence-electron chi connectivity index (χ1n) is 4.61. The molecule has 0 aliphatic heterocycles. The second kappa shape index (κ2) is 4.73. The maximum atomic E-state index is 5.59. The van der Waals surface area contributed by atoms with Gasteiger partial charge >= 0.3 is 0 Å². The third-order valence-corrected chi connectivity index (χ3v) is 2.71. The van der Waals surface area contributed by atoms with Crippen molar-refractivity contribution in [1.29, 1.82) is 0 Å². The van der Waals surface area contributed by atoms with Crippen LogP contribution in [-0.2, 0) is 4.74 Å². The molecule has 0 bridgehead atoms. The van der Waals surface area contributed by atoms with Gasteiger partial charge in [-0.05, 0) is 18.8 Å². The van der Waals surface area contributed by atoms with Gasteiger partial charge in [0.25, 0.3) is 0 Å². The summed E-state index contributed by atoms with van der Waals surface area (Å²) in [4.78, 5) is 0. The first-order chi connectivity index (χ1) is 5.38. The first-order valence-corrected chi connectivity index (χ1v) is 4.61. The van der Waals surface area contributed by atoms with E-state index < -0.39 is 0 Å². The molecule has 0 unspecified atom stereocenters. The van der Waals surface area contributed by atoms with Gasteiger partial charge in [0.2, 0.25) is 0 Å². The van der Waals surface area contributed by atoms with Crippen molar-refractivity contribution in [1.82, 2.24) is 0 Å². The third-order valence-electron chi connectivity index (χ3n) is 2.71. The Morgan fingerprint density at radius 3 is 2.45 bits per heavy atom. The summed E-state index contributed by atoms with van der Waals surface area (Å²) in [6, 6.07) is 0. The van der Waals surface area contributed by atoms with Crippen molar-refractivity contribution in [3.8, 4) is 0 Å². The van der Waals surface area contributed by atoms with Gasteiger partial charge in [-0.15, -0.1) is 0 Å². The lowest BCUT2D eigenvalue weighted by Gasteiger charge is -2.28. The minimum atomic E-state index is 0.315. The first kappa shape index (κ1) is 9.01. The maximum absolute atomic E-state index is 5.59. The number of nitrogens with two attached hydrogens (primary N) is 1. The topological polar surface area (TPSA) is 35.2 Å². The van der Waals surface area contributed by atoms with Crippen LogP contribution in [0.2, 0.25) is 0 Å². The van der Waals surface area contributed by atoms with Crippen LogP contribution >= 0.6 is 0 Å². The number of hydrogen-bond acceptors (Lipinski definition) is 2. The fraction of sp³-hybridized carbons (Fsp3) is 1.00. The molecule has 66 valence electrons. The minimum Gasteiger partial charge on any atom is -0.380 e. The van der Waals surface area contributed by atoms with Gasteiger partial charge in [-0.3, -0.25) is 0 Å². The fourth-order valence-electron chi connectivity index (χ4n) is 1.99. The third kappa shape index (κ3) is 2.46. The van der Waals surface area contributed by atoms with E-state index in [9.17, 15) is 0 Å². The Kier molecular flexibility index (Phi) is 3.87. The SMILES string of the molecule is CO[C@@H](CN)C1CCCCC1. The Hall–Kier alpha value is -0.0800. The van der Waals surface area contributed by atoms with Crippen molar-refractivity contribution in [2.45, 2.75) is 38.2 Å². The second-order valence-electron chi connectivity index (χ2n) is 3.41. The standard InChI is InChI=1S/C9H19NO/c1-11-9(7-10)8-5-3-2-4-6-8/h8-9H,2-7,10H2,1H3/t9-/m0/s1. The van der Waals surface area contributed by atoms with Crippen LogP contribution in [0.1, 0.15) is 32.1 Å². The Morgan fingerprint density at radius 2 is 2.00 bits per heavy atom. The van der Waals surface area contributed by atoms with Gasteiger partial charge in [-0.1, -0.05) is 19.3 Å². The Bertz CT molecular complexity index is 95.7. The predicted molar refractivity (Wildman–Crippen MR) is 46.4 cm³/mol. The van der Waals surface area contributed by atoms with Crippen LogP contribution in [0.25, 0.3) is 0 Å². The van der Waals surface area contributed by atoms with Crippen molar-refractivity contribution in [2.75, 3.05) is 13.7 Å². The zero-order chi connectivity index (χ0) is 8.10. The summed E-state index contributed by atoms with van der Waals surface area (Å²) < 4.78 is 5.31. The minimum absolute atomic E-state index is 0.315. The lowest BCUT2D eigenvalue weighted by Crippen LogP contribution is -2.32. The van der Waals surface area contributed by atoms with Crippen LogP contribution in [0, 0.1) is 5.92 Å². The van der Waals surface area contributed by atoms with Crippen LogP contribution in [0.3, 0.4) is 0 Å². The van der Waals surface area contributed by atoms with E-state index in [1.54, 1.807) is 7.11 Å². The molecular weight excluding hydrogens is 138 g/mol. The highest BCUT2D eigenvalue weighted by molar-refractivity contribution is 4.74. The van der Waals surface area contributed by atoms with Gasteiger partial charge in [0.1, 0.15) is 0 Å².